The van der Waals surface area contributed by atoms with E-state index in [2.05, 4.69) is 5.32 Å². The van der Waals surface area contributed by atoms with E-state index < -0.39 is 5.92 Å². The van der Waals surface area contributed by atoms with Crippen molar-refractivity contribution in [1.29, 1.82) is 0 Å². The lowest BCUT2D eigenvalue weighted by atomic mass is 10.1. The van der Waals surface area contributed by atoms with Crippen LogP contribution in [0.15, 0.2) is 42.5 Å². The van der Waals surface area contributed by atoms with E-state index in [0.29, 0.717) is 18.0 Å². The molecule has 3 rings (SSSR count). The average Bonchev–Trinajstić information content (AvgIpc) is 2.99. The van der Waals surface area contributed by atoms with Gasteiger partial charge in [0.2, 0.25) is 11.8 Å². The van der Waals surface area contributed by atoms with Gasteiger partial charge in [-0.15, -0.1) is 0 Å². The predicted octanol–water partition coefficient (Wildman–Crippen LogP) is 2.70. The monoisotopic (exact) mass is 340 g/mol. The molecule has 6 heteroatoms. The zero-order valence-corrected chi connectivity index (χ0v) is 14.2. The van der Waals surface area contributed by atoms with Crippen LogP contribution in [-0.4, -0.2) is 30.6 Å². The molecule has 0 spiro atoms. The molecule has 1 unspecified atom stereocenters. The summed E-state index contributed by atoms with van der Waals surface area (Å²) in [6, 6.07) is 11.9. The number of benzene rings is 2. The summed E-state index contributed by atoms with van der Waals surface area (Å²) in [6.07, 6.45) is 0.176. The number of methoxy groups -OCH3 is 1. The van der Waals surface area contributed by atoms with Crippen molar-refractivity contribution < 1.29 is 19.4 Å². The average molecular weight is 340 g/mol. The largest absolute Gasteiger partial charge is 0.508 e. The van der Waals surface area contributed by atoms with Gasteiger partial charge in [-0.2, -0.15) is 0 Å². The first-order valence-corrected chi connectivity index (χ1v) is 8.03. The maximum absolute atomic E-state index is 12.5. The van der Waals surface area contributed by atoms with Gasteiger partial charge in [-0.25, -0.2) is 0 Å². The lowest BCUT2D eigenvalue weighted by Crippen LogP contribution is -2.28. The number of nitrogens with zero attached hydrogens (tertiary/aromatic N) is 1. The van der Waals surface area contributed by atoms with Gasteiger partial charge in [-0.3, -0.25) is 9.59 Å². The zero-order chi connectivity index (χ0) is 18.0. The smallest absolute Gasteiger partial charge is 0.229 e. The number of aryl methyl sites for hydroxylation is 1. The molecule has 2 N–H and O–H groups in total. The van der Waals surface area contributed by atoms with Crippen LogP contribution >= 0.6 is 0 Å². The van der Waals surface area contributed by atoms with Gasteiger partial charge < -0.3 is 20.1 Å². The highest BCUT2D eigenvalue weighted by molar-refractivity contribution is 6.03. The number of carbonyl (C=O) groups excluding carboxylic acids is 2. The Morgan fingerprint density at radius 1 is 1.24 bits per heavy atom. The minimum absolute atomic E-state index is 0.0762. The third-order valence-electron chi connectivity index (χ3n) is 4.35. The highest BCUT2D eigenvalue weighted by Crippen LogP contribution is 2.28. The van der Waals surface area contributed by atoms with Gasteiger partial charge in [0.1, 0.15) is 11.5 Å². The van der Waals surface area contributed by atoms with Gasteiger partial charge in [0.05, 0.1) is 13.0 Å². The van der Waals surface area contributed by atoms with Crippen molar-refractivity contribution in [3.63, 3.8) is 0 Å². The molecule has 1 heterocycles. The number of ether oxygens (including phenoxy) is 1. The Labute approximate surface area is 146 Å². The van der Waals surface area contributed by atoms with Crippen LogP contribution in [0.1, 0.15) is 12.0 Å². The second-order valence-corrected chi connectivity index (χ2v) is 6.09. The number of hydrogen-bond acceptors (Lipinski definition) is 4. The Bertz CT molecular complexity index is 802. The van der Waals surface area contributed by atoms with E-state index in [1.54, 1.807) is 55.3 Å². The normalized spacial score (nSPS) is 16.8. The lowest BCUT2D eigenvalue weighted by molar-refractivity contribution is -0.122. The van der Waals surface area contributed by atoms with E-state index in [1.807, 2.05) is 0 Å². The molecule has 2 amide bonds. The maximum Gasteiger partial charge on any atom is 0.229 e. The molecule has 1 aliphatic heterocycles. The molecule has 0 radical (unpaired) electrons. The Morgan fingerprint density at radius 3 is 2.60 bits per heavy atom. The summed E-state index contributed by atoms with van der Waals surface area (Å²) in [5.41, 5.74) is 2.16. The summed E-state index contributed by atoms with van der Waals surface area (Å²) in [4.78, 5) is 26.4. The molecule has 6 nitrogen and oxygen atoms in total. The molecule has 1 aliphatic rings. The number of carbonyl (C=O) groups is 2. The van der Waals surface area contributed by atoms with E-state index >= 15 is 0 Å². The quantitative estimate of drug-likeness (QED) is 0.839. The highest BCUT2D eigenvalue weighted by atomic mass is 16.5. The number of phenolic OH excluding ortho intramolecular Hbond substituents is 1. The van der Waals surface area contributed by atoms with Crippen molar-refractivity contribution in [1.82, 2.24) is 0 Å². The maximum atomic E-state index is 12.5. The minimum Gasteiger partial charge on any atom is -0.508 e. The molecule has 25 heavy (non-hydrogen) atoms. The molecule has 0 bridgehead atoms. The van der Waals surface area contributed by atoms with Crippen LogP contribution in [0.2, 0.25) is 0 Å². The van der Waals surface area contributed by atoms with Crippen LogP contribution in [-0.2, 0) is 9.59 Å². The van der Waals surface area contributed by atoms with Gasteiger partial charge in [-0.05, 0) is 55.0 Å². The van der Waals surface area contributed by atoms with Crippen molar-refractivity contribution >= 4 is 23.2 Å². The van der Waals surface area contributed by atoms with Gasteiger partial charge in [0, 0.05) is 24.3 Å². The molecular weight excluding hydrogens is 320 g/mol. The number of hydrogen-bond donors (Lipinski definition) is 2. The van der Waals surface area contributed by atoms with Crippen LogP contribution in [0, 0.1) is 12.8 Å². The van der Waals surface area contributed by atoms with Crippen molar-refractivity contribution in [3.05, 3.63) is 48.0 Å². The van der Waals surface area contributed by atoms with Crippen LogP contribution in [0.3, 0.4) is 0 Å². The van der Waals surface area contributed by atoms with Gasteiger partial charge in [0.15, 0.2) is 0 Å². The Hall–Kier alpha value is -3.02. The molecule has 2 aromatic rings. The van der Waals surface area contributed by atoms with Crippen molar-refractivity contribution in [2.24, 2.45) is 5.92 Å². The first-order valence-electron chi connectivity index (χ1n) is 8.03. The van der Waals surface area contributed by atoms with Gasteiger partial charge >= 0.3 is 0 Å². The first kappa shape index (κ1) is 16.8. The van der Waals surface area contributed by atoms with E-state index in [1.165, 1.54) is 6.07 Å². The molecule has 1 fully saturated rings. The fraction of sp³-hybridized carbons (Fsp3) is 0.263. The Kier molecular flexibility index (Phi) is 4.61. The number of anilines is 2. The summed E-state index contributed by atoms with van der Waals surface area (Å²) in [5.74, 6) is 0.179. The van der Waals surface area contributed by atoms with Crippen LogP contribution in [0.5, 0.6) is 11.5 Å². The Morgan fingerprint density at radius 2 is 1.96 bits per heavy atom. The molecule has 0 aromatic heterocycles. The van der Waals surface area contributed by atoms with Crippen molar-refractivity contribution in [3.8, 4) is 11.5 Å². The summed E-state index contributed by atoms with van der Waals surface area (Å²) >= 11 is 0. The van der Waals surface area contributed by atoms with Crippen LogP contribution < -0.4 is 15.0 Å². The third-order valence-corrected chi connectivity index (χ3v) is 4.35. The molecule has 0 saturated carbocycles. The standard InChI is InChI=1S/C19H20N2O4/c1-12-9-15(22)5-8-17(12)20-19(24)13-10-18(23)21(11-13)14-3-6-16(25-2)7-4-14/h3-9,13,22H,10-11H2,1-2H3,(H,20,24). The van der Waals surface area contributed by atoms with Crippen LogP contribution in [0.4, 0.5) is 11.4 Å². The number of amides is 2. The zero-order valence-electron chi connectivity index (χ0n) is 14.2. The molecular formula is C19H20N2O4. The lowest BCUT2D eigenvalue weighted by Gasteiger charge is -2.17. The van der Waals surface area contributed by atoms with Crippen molar-refractivity contribution in [2.45, 2.75) is 13.3 Å². The summed E-state index contributed by atoms with van der Waals surface area (Å²) in [5, 5.41) is 12.3. The summed E-state index contributed by atoms with van der Waals surface area (Å²) < 4.78 is 5.12. The second-order valence-electron chi connectivity index (χ2n) is 6.09. The summed E-state index contributed by atoms with van der Waals surface area (Å²) in [7, 11) is 1.59. The number of aromatic hydroxyl groups is 1. The fourth-order valence-electron chi connectivity index (χ4n) is 2.92. The van der Waals surface area contributed by atoms with Gasteiger partial charge in [-0.1, -0.05) is 0 Å². The molecule has 0 aliphatic carbocycles. The molecule has 2 aromatic carbocycles. The SMILES string of the molecule is COc1ccc(N2CC(C(=O)Nc3ccc(O)cc3C)CC2=O)cc1. The van der Waals surface area contributed by atoms with Crippen molar-refractivity contribution in [2.75, 3.05) is 23.9 Å². The topological polar surface area (TPSA) is 78.9 Å². The predicted molar refractivity (Wildman–Crippen MR) is 94.9 cm³/mol. The number of phenols is 1. The van der Waals surface area contributed by atoms with E-state index in [-0.39, 0.29) is 24.0 Å². The number of rotatable bonds is 4. The summed E-state index contributed by atoms with van der Waals surface area (Å²) in [6.45, 7) is 2.15. The van der Waals surface area contributed by atoms with Crippen LogP contribution in [0.25, 0.3) is 0 Å². The highest BCUT2D eigenvalue weighted by Gasteiger charge is 2.35. The molecule has 1 saturated heterocycles. The van der Waals surface area contributed by atoms with E-state index in [9.17, 15) is 14.7 Å². The fourth-order valence-corrected chi connectivity index (χ4v) is 2.92. The second kappa shape index (κ2) is 6.84. The Balaban J connectivity index is 1.69. The molecule has 130 valence electrons. The van der Waals surface area contributed by atoms with E-state index in [4.69, 9.17) is 4.74 Å². The minimum atomic E-state index is -0.414. The molecule has 1 atom stereocenters. The first-order chi connectivity index (χ1) is 12.0. The third kappa shape index (κ3) is 3.57. The van der Waals surface area contributed by atoms with Gasteiger partial charge in [0.25, 0.3) is 0 Å². The number of nitrogens with one attached hydrogen (secondary N) is 1. The van der Waals surface area contributed by atoms with E-state index in [0.717, 1.165) is 11.3 Å².